The molecule has 0 spiro atoms. The van der Waals surface area contributed by atoms with Crippen molar-refractivity contribution in [3.63, 3.8) is 0 Å². The molecule has 2 rings (SSSR count). The van der Waals surface area contributed by atoms with Crippen LogP contribution in [0.4, 0.5) is 0 Å². The summed E-state index contributed by atoms with van der Waals surface area (Å²) in [6.45, 7) is 5.89. The second-order valence-corrected chi connectivity index (χ2v) is 3.40. The number of rotatable bonds is 0. The molecule has 0 fully saturated rings. The number of hydrogen-bond donors (Lipinski definition) is 0. The van der Waals surface area contributed by atoms with Crippen molar-refractivity contribution in [1.82, 2.24) is 4.37 Å². The second-order valence-electron chi connectivity index (χ2n) is 2.60. The van der Waals surface area contributed by atoms with E-state index < -0.39 is 0 Å². The maximum atomic E-state index is 4.25. The van der Waals surface area contributed by atoms with Crippen LogP contribution in [0, 0.1) is 13.8 Å². The number of aryl methyl sites for hydroxylation is 1. The summed E-state index contributed by atoms with van der Waals surface area (Å²) in [5.74, 6) is 0. The van der Waals surface area contributed by atoms with Crippen molar-refractivity contribution in [1.29, 1.82) is 0 Å². The quantitative estimate of drug-likeness (QED) is 0.580. The summed E-state index contributed by atoms with van der Waals surface area (Å²) < 4.78 is 5.50. The van der Waals surface area contributed by atoms with E-state index >= 15 is 0 Å². The molecule has 0 aliphatic carbocycles. The fourth-order valence-corrected chi connectivity index (χ4v) is 1.87. The highest BCUT2D eigenvalue weighted by Gasteiger charge is 1.99. The molecule has 11 heavy (non-hydrogen) atoms. The Morgan fingerprint density at radius 1 is 1.45 bits per heavy atom. The molecule has 1 heterocycles. The van der Waals surface area contributed by atoms with Crippen LogP contribution in [0.15, 0.2) is 18.2 Å². The first-order valence-electron chi connectivity index (χ1n) is 3.45. The van der Waals surface area contributed by atoms with Gasteiger partial charge in [-0.1, -0.05) is 6.07 Å². The first-order chi connectivity index (χ1) is 5.27. The minimum atomic E-state index is 1.06. The van der Waals surface area contributed by atoms with Crippen molar-refractivity contribution in [3.8, 4) is 0 Å². The number of nitrogens with zero attached hydrogens (tertiary/aromatic N) is 1. The summed E-state index contributed by atoms with van der Waals surface area (Å²) in [5, 5.41) is 1.24. The molecule has 0 saturated carbocycles. The van der Waals surface area contributed by atoms with Gasteiger partial charge in [0.05, 0.1) is 10.4 Å². The van der Waals surface area contributed by atoms with Gasteiger partial charge in [-0.3, -0.25) is 0 Å². The Morgan fingerprint density at radius 2 is 2.27 bits per heavy atom. The van der Waals surface area contributed by atoms with E-state index in [1.54, 1.807) is 11.5 Å². The van der Waals surface area contributed by atoms with E-state index in [2.05, 4.69) is 23.4 Å². The Bertz CT molecular complexity index is 389. The molecule has 55 valence electrons. The summed E-state index contributed by atoms with van der Waals surface area (Å²) >= 11 is 1.54. The number of benzene rings is 1. The lowest BCUT2D eigenvalue weighted by molar-refractivity contribution is 1.37. The van der Waals surface area contributed by atoms with Crippen molar-refractivity contribution in [2.24, 2.45) is 0 Å². The number of fused-ring (bicyclic) bond motifs is 1. The van der Waals surface area contributed by atoms with Crippen molar-refractivity contribution in [2.75, 3.05) is 0 Å². The third-order valence-corrected chi connectivity index (χ3v) is 2.63. The average molecular weight is 162 g/mol. The van der Waals surface area contributed by atoms with Crippen LogP contribution in [0.2, 0.25) is 0 Å². The first kappa shape index (κ1) is 6.80. The number of aromatic nitrogens is 1. The van der Waals surface area contributed by atoms with Gasteiger partial charge in [-0.2, -0.15) is 4.37 Å². The molecule has 0 unspecified atom stereocenters. The Hall–Kier alpha value is -0.890. The highest BCUT2D eigenvalue weighted by molar-refractivity contribution is 7.13. The van der Waals surface area contributed by atoms with Gasteiger partial charge in [0.15, 0.2) is 0 Å². The molecule has 1 aromatic heterocycles. The summed E-state index contributed by atoms with van der Waals surface area (Å²) in [6.07, 6.45) is 0. The third-order valence-electron chi connectivity index (χ3n) is 1.71. The average Bonchev–Trinajstić information content (AvgIpc) is 2.33. The van der Waals surface area contributed by atoms with Crippen LogP contribution in [-0.2, 0) is 0 Å². The monoisotopic (exact) mass is 162 g/mol. The first-order valence-corrected chi connectivity index (χ1v) is 4.23. The molecule has 0 aliphatic rings. The molecule has 0 aliphatic heterocycles. The van der Waals surface area contributed by atoms with Gasteiger partial charge >= 0.3 is 0 Å². The molecule has 0 amide bonds. The molecule has 1 radical (unpaired) electrons. The van der Waals surface area contributed by atoms with Crippen LogP contribution in [-0.4, -0.2) is 4.37 Å². The highest BCUT2D eigenvalue weighted by Crippen LogP contribution is 2.22. The Balaban J connectivity index is 2.87. The lowest BCUT2D eigenvalue weighted by atomic mass is 10.2. The van der Waals surface area contributed by atoms with Crippen LogP contribution in [0.3, 0.4) is 0 Å². The number of hydrogen-bond acceptors (Lipinski definition) is 2. The molecular weight excluding hydrogens is 154 g/mol. The van der Waals surface area contributed by atoms with E-state index in [0.29, 0.717) is 0 Å². The van der Waals surface area contributed by atoms with Gasteiger partial charge in [0, 0.05) is 5.39 Å². The molecule has 1 aromatic carbocycles. The van der Waals surface area contributed by atoms with Crippen molar-refractivity contribution < 1.29 is 0 Å². The summed E-state index contributed by atoms with van der Waals surface area (Å²) in [4.78, 5) is 0. The fraction of sp³-hybridized carbons (Fsp3) is 0.111. The maximum Gasteiger partial charge on any atom is 0.0589 e. The molecule has 2 heteroatoms. The van der Waals surface area contributed by atoms with Crippen molar-refractivity contribution >= 4 is 21.6 Å². The lowest BCUT2D eigenvalue weighted by Gasteiger charge is -1.91. The molecule has 0 saturated heterocycles. The Labute approximate surface area is 69.8 Å². The Morgan fingerprint density at radius 3 is 3.09 bits per heavy atom. The smallest absolute Gasteiger partial charge is 0.0589 e. The van der Waals surface area contributed by atoms with E-state index in [1.165, 1.54) is 10.1 Å². The zero-order valence-electron chi connectivity index (χ0n) is 6.29. The Kier molecular flexibility index (Phi) is 1.43. The largest absolute Gasteiger partial charge is 0.197 e. The van der Waals surface area contributed by atoms with E-state index in [-0.39, 0.29) is 0 Å². The van der Waals surface area contributed by atoms with Gasteiger partial charge in [0.1, 0.15) is 0 Å². The van der Waals surface area contributed by atoms with Crippen LogP contribution in [0.5, 0.6) is 0 Å². The summed E-state index contributed by atoms with van der Waals surface area (Å²) in [7, 11) is 0. The topological polar surface area (TPSA) is 12.9 Å². The van der Waals surface area contributed by atoms with E-state index in [0.717, 1.165) is 11.3 Å². The molecular formula is C9H8NS. The van der Waals surface area contributed by atoms with Crippen molar-refractivity contribution in [3.05, 3.63) is 36.4 Å². The zero-order valence-corrected chi connectivity index (χ0v) is 7.11. The predicted octanol–water partition coefficient (Wildman–Crippen LogP) is 2.79. The molecule has 1 nitrogen and oxygen atoms in total. The molecule has 0 N–H and O–H groups in total. The van der Waals surface area contributed by atoms with Crippen LogP contribution >= 0.6 is 11.5 Å². The van der Waals surface area contributed by atoms with Gasteiger partial charge in [-0.05, 0) is 43.1 Å². The van der Waals surface area contributed by atoms with E-state index in [9.17, 15) is 0 Å². The van der Waals surface area contributed by atoms with Crippen LogP contribution in [0.1, 0.15) is 11.3 Å². The van der Waals surface area contributed by atoms with E-state index in [1.807, 2.05) is 13.0 Å². The summed E-state index contributed by atoms with van der Waals surface area (Å²) in [6, 6.07) is 6.16. The zero-order chi connectivity index (χ0) is 7.84. The minimum absolute atomic E-state index is 1.06. The van der Waals surface area contributed by atoms with Crippen molar-refractivity contribution in [2.45, 2.75) is 6.92 Å². The van der Waals surface area contributed by atoms with Gasteiger partial charge in [0.25, 0.3) is 0 Å². The van der Waals surface area contributed by atoms with Gasteiger partial charge in [-0.25, -0.2) is 0 Å². The highest BCUT2D eigenvalue weighted by atomic mass is 32.1. The summed E-state index contributed by atoms with van der Waals surface area (Å²) in [5.41, 5.74) is 2.16. The standard InChI is InChI=1S/C9H8NS/c1-6-3-4-9-8(5-6)7(2)10-11-9/h3-5H,1H2,2H3. The fourth-order valence-electron chi connectivity index (χ4n) is 1.11. The molecule has 0 bridgehead atoms. The third kappa shape index (κ3) is 1.03. The predicted molar refractivity (Wildman–Crippen MR) is 48.8 cm³/mol. The maximum absolute atomic E-state index is 4.25. The minimum Gasteiger partial charge on any atom is -0.197 e. The van der Waals surface area contributed by atoms with Gasteiger partial charge < -0.3 is 0 Å². The molecule has 2 aromatic rings. The SMILES string of the molecule is [CH2]c1ccc2snc(C)c2c1. The van der Waals surface area contributed by atoms with Gasteiger partial charge in [0.2, 0.25) is 0 Å². The normalized spacial score (nSPS) is 10.7. The van der Waals surface area contributed by atoms with Crippen LogP contribution < -0.4 is 0 Å². The van der Waals surface area contributed by atoms with Gasteiger partial charge in [-0.15, -0.1) is 0 Å². The van der Waals surface area contributed by atoms with Crippen LogP contribution in [0.25, 0.3) is 10.1 Å². The van der Waals surface area contributed by atoms with E-state index in [4.69, 9.17) is 0 Å². The second kappa shape index (κ2) is 2.31. The molecule has 0 atom stereocenters. The lowest BCUT2D eigenvalue weighted by Crippen LogP contribution is -1.72.